The van der Waals surface area contributed by atoms with Crippen LogP contribution in [0.1, 0.15) is 12.8 Å². The third-order valence-electron chi connectivity index (χ3n) is 2.16. The molecule has 9 heteroatoms. The molecule has 0 bridgehead atoms. The second-order valence-corrected chi connectivity index (χ2v) is 8.35. The van der Waals surface area contributed by atoms with E-state index in [9.17, 15) is 8.42 Å². The van der Waals surface area contributed by atoms with Gasteiger partial charge >= 0.3 is 0 Å². The van der Waals surface area contributed by atoms with Crippen LogP contribution in [0.4, 0.5) is 0 Å². The van der Waals surface area contributed by atoms with Crippen LogP contribution in [-0.4, -0.2) is 25.8 Å². The van der Waals surface area contributed by atoms with E-state index in [0.717, 1.165) is 15.6 Å². The zero-order chi connectivity index (χ0) is 14.5. The highest BCUT2D eigenvalue weighted by molar-refractivity contribution is 9.11. The summed E-state index contributed by atoms with van der Waals surface area (Å²) in [6.45, 7) is 0.126. The quantitative estimate of drug-likeness (QED) is 0.757. The van der Waals surface area contributed by atoms with Crippen molar-refractivity contribution in [2.45, 2.75) is 17.1 Å². The minimum absolute atomic E-state index is 0.0631. The molecule has 0 aromatic carbocycles. The molecule has 1 aromatic heterocycles. The summed E-state index contributed by atoms with van der Waals surface area (Å²) in [6.07, 6.45) is 0.149. The molecule has 0 unspecified atom stereocenters. The smallest absolute Gasteiger partial charge is 0.206 e. The summed E-state index contributed by atoms with van der Waals surface area (Å²) in [6, 6.07) is 5.15. The molecule has 0 radical (unpaired) electrons. The van der Waals surface area contributed by atoms with Gasteiger partial charge in [0.2, 0.25) is 0 Å². The van der Waals surface area contributed by atoms with E-state index in [-0.39, 0.29) is 30.1 Å². The van der Waals surface area contributed by atoms with Crippen molar-refractivity contribution in [1.82, 2.24) is 4.31 Å². The minimum Gasteiger partial charge on any atom is -0.206 e. The topological polar surface area (TPSA) is 85.0 Å². The van der Waals surface area contributed by atoms with E-state index in [0.29, 0.717) is 8.81 Å². The highest BCUT2D eigenvalue weighted by atomic mass is 79.9. The molecule has 102 valence electrons. The number of halogens is 2. The van der Waals surface area contributed by atoms with Gasteiger partial charge in [0.05, 0.1) is 20.9 Å². The van der Waals surface area contributed by atoms with Crippen LogP contribution in [-0.2, 0) is 10.0 Å². The molecule has 1 rings (SSSR count). The zero-order valence-corrected chi connectivity index (χ0v) is 13.6. The zero-order valence-electron chi connectivity index (χ0n) is 9.64. The van der Waals surface area contributed by atoms with Gasteiger partial charge < -0.3 is 0 Å². The maximum atomic E-state index is 12.3. The summed E-state index contributed by atoms with van der Waals surface area (Å²) in [5.74, 6) is 0. The fourth-order valence-electron chi connectivity index (χ4n) is 1.28. The van der Waals surface area contributed by atoms with Crippen LogP contribution >= 0.6 is 38.9 Å². The van der Waals surface area contributed by atoms with E-state index in [2.05, 4.69) is 15.9 Å². The molecule has 0 fully saturated rings. The Morgan fingerprint density at radius 2 is 1.84 bits per heavy atom. The van der Waals surface area contributed by atoms with Crippen LogP contribution in [0.5, 0.6) is 0 Å². The van der Waals surface area contributed by atoms with E-state index in [1.807, 2.05) is 12.1 Å². The summed E-state index contributed by atoms with van der Waals surface area (Å²) in [7, 11) is -3.71. The monoisotopic (exact) mass is 381 g/mol. The molecule has 0 N–H and O–H groups in total. The number of nitriles is 2. The third kappa shape index (κ3) is 4.16. The van der Waals surface area contributed by atoms with Gasteiger partial charge in [0.15, 0.2) is 0 Å². The molecule has 0 amide bonds. The van der Waals surface area contributed by atoms with Crippen LogP contribution in [0.3, 0.4) is 0 Å². The predicted molar refractivity (Wildman–Crippen MR) is 76.2 cm³/mol. The summed E-state index contributed by atoms with van der Waals surface area (Å²) in [5.41, 5.74) is 0. The first-order valence-corrected chi connectivity index (χ1v) is 8.55. The Morgan fingerprint density at radius 3 is 2.21 bits per heavy atom. The van der Waals surface area contributed by atoms with E-state index < -0.39 is 10.0 Å². The van der Waals surface area contributed by atoms with E-state index in [1.165, 1.54) is 6.07 Å². The number of hydrogen-bond acceptors (Lipinski definition) is 5. The van der Waals surface area contributed by atoms with Gasteiger partial charge in [-0.05, 0) is 22.0 Å². The summed E-state index contributed by atoms with van der Waals surface area (Å²) in [4.78, 5) is 0. The average Bonchev–Trinajstić information content (AvgIpc) is 2.70. The molecule has 0 aliphatic rings. The lowest BCUT2D eigenvalue weighted by molar-refractivity contribution is 0.426. The summed E-state index contributed by atoms with van der Waals surface area (Å²) in [5, 5.41) is 17.4. The van der Waals surface area contributed by atoms with Crippen molar-refractivity contribution in [3.63, 3.8) is 0 Å². The van der Waals surface area contributed by atoms with Gasteiger partial charge in [-0.25, -0.2) is 8.42 Å². The maximum absolute atomic E-state index is 12.3. The Kier molecular flexibility index (Phi) is 6.24. The normalized spacial score (nSPS) is 11.2. The standard InChI is InChI=1S/C10H9BrClN3O2S2/c11-10-8(12)7-9(18-10)19(16,17)15(5-1-3-13)6-2-4-14/h7H,1-2,5-6H2. The molecule has 0 saturated heterocycles. The Morgan fingerprint density at radius 1 is 1.32 bits per heavy atom. The van der Waals surface area contributed by atoms with Crippen molar-refractivity contribution in [1.29, 1.82) is 10.5 Å². The van der Waals surface area contributed by atoms with Crippen molar-refractivity contribution in [3.8, 4) is 12.1 Å². The average molecular weight is 383 g/mol. The van der Waals surface area contributed by atoms with Gasteiger partial charge in [0.25, 0.3) is 10.0 Å². The highest BCUT2D eigenvalue weighted by Crippen LogP contribution is 2.35. The molecule has 0 aliphatic carbocycles. The van der Waals surface area contributed by atoms with Crippen LogP contribution in [0.25, 0.3) is 0 Å². The Bertz CT molecular complexity index is 593. The molecule has 19 heavy (non-hydrogen) atoms. The first-order chi connectivity index (χ1) is 8.93. The predicted octanol–water partition coefficient (Wildman–Crippen LogP) is 2.98. The van der Waals surface area contributed by atoms with Crippen molar-refractivity contribution >= 4 is 48.9 Å². The van der Waals surface area contributed by atoms with Crippen molar-refractivity contribution in [2.75, 3.05) is 13.1 Å². The molecule has 0 aliphatic heterocycles. The number of thiophene rings is 1. The second-order valence-electron chi connectivity index (χ2n) is 3.41. The molecule has 0 spiro atoms. The third-order valence-corrected chi connectivity index (χ3v) is 6.99. The molecule has 0 saturated carbocycles. The lowest BCUT2D eigenvalue weighted by atomic mass is 10.4. The van der Waals surface area contributed by atoms with Gasteiger partial charge in [-0.1, -0.05) is 11.6 Å². The van der Waals surface area contributed by atoms with E-state index in [4.69, 9.17) is 22.1 Å². The molecule has 1 heterocycles. The SMILES string of the molecule is N#CCCN(CCC#N)S(=O)(=O)c1cc(Cl)c(Br)s1. The Hall–Kier alpha value is -0.640. The van der Waals surface area contributed by atoms with Crippen LogP contribution in [0, 0.1) is 22.7 Å². The number of hydrogen-bond donors (Lipinski definition) is 0. The lowest BCUT2D eigenvalue weighted by Gasteiger charge is -2.18. The number of nitrogens with zero attached hydrogens (tertiary/aromatic N) is 3. The molecule has 0 atom stereocenters. The first kappa shape index (κ1) is 16.4. The number of sulfonamides is 1. The maximum Gasteiger partial charge on any atom is 0.252 e. The van der Waals surface area contributed by atoms with Gasteiger partial charge in [-0.15, -0.1) is 11.3 Å². The summed E-state index contributed by atoms with van der Waals surface area (Å²) < 4.78 is 26.5. The van der Waals surface area contributed by atoms with Crippen LogP contribution < -0.4 is 0 Å². The Labute approximate surface area is 129 Å². The minimum atomic E-state index is -3.71. The first-order valence-electron chi connectivity index (χ1n) is 5.12. The fraction of sp³-hybridized carbons (Fsp3) is 0.400. The Balaban J connectivity index is 3.05. The van der Waals surface area contributed by atoms with Crippen molar-refractivity contribution in [2.24, 2.45) is 0 Å². The van der Waals surface area contributed by atoms with Gasteiger partial charge in [-0.2, -0.15) is 14.8 Å². The van der Waals surface area contributed by atoms with E-state index in [1.54, 1.807) is 0 Å². The number of rotatable bonds is 6. The highest BCUT2D eigenvalue weighted by Gasteiger charge is 2.26. The second kappa shape index (κ2) is 7.22. The molecular weight excluding hydrogens is 374 g/mol. The van der Waals surface area contributed by atoms with Gasteiger partial charge in [-0.3, -0.25) is 0 Å². The van der Waals surface area contributed by atoms with Crippen molar-refractivity contribution < 1.29 is 8.42 Å². The van der Waals surface area contributed by atoms with E-state index >= 15 is 0 Å². The van der Waals surface area contributed by atoms with Crippen LogP contribution in [0.2, 0.25) is 5.02 Å². The van der Waals surface area contributed by atoms with Gasteiger partial charge in [0, 0.05) is 25.9 Å². The largest absolute Gasteiger partial charge is 0.252 e. The van der Waals surface area contributed by atoms with Gasteiger partial charge in [0.1, 0.15) is 4.21 Å². The summed E-state index contributed by atoms with van der Waals surface area (Å²) >= 11 is 9.99. The van der Waals surface area contributed by atoms with Crippen molar-refractivity contribution in [3.05, 3.63) is 14.9 Å². The molecular formula is C10H9BrClN3O2S2. The fourth-order valence-corrected chi connectivity index (χ4v) is 5.28. The molecule has 5 nitrogen and oxygen atoms in total. The molecule has 1 aromatic rings. The lowest BCUT2D eigenvalue weighted by Crippen LogP contribution is -2.32. The van der Waals surface area contributed by atoms with Crippen LogP contribution in [0.15, 0.2) is 14.1 Å².